The lowest BCUT2D eigenvalue weighted by molar-refractivity contribution is -0.135. The van der Waals surface area contributed by atoms with E-state index in [2.05, 4.69) is 10.3 Å². The molecule has 202 valence electrons. The molecule has 0 unspecified atom stereocenters. The van der Waals surface area contributed by atoms with Gasteiger partial charge in [-0.25, -0.2) is 13.4 Å². The number of aliphatic carboxylic acids is 1. The molecule has 2 aromatic heterocycles. The summed E-state index contributed by atoms with van der Waals surface area (Å²) in [5, 5.41) is 13.6. The number of rotatable bonds is 7. The Morgan fingerprint density at radius 3 is 2.41 bits per heavy atom. The summed E-state index contributed by atoms with van der Waals surface area (Å²) in [4.78, 5) is 30.7. The number of aromatic nitrogens is 2. The number of nitrogens with one attached hydrogen (secondary N) is 1. The Labute approximate surface area is 234 Å². The molecule has 0 spiro atoms. The fraction of sp³-hybridized carbons (Fsp3) is 0.192. The molecule has 0 radical (unpaired) electrons. The molecule has 3 heterocycles. The smallest absolute Gasteiger partial charge is 0.324 e. The number of nitrogens with zero attached hydrogens (tertiary/aromatic N) is 4. The normalized spacial score (nSPS) is 13.9. The van der Waals surface area contributed by atoms with E-state index in [-0.39, 0.29) is 26.5 Å². The summed E-state index contributed by atoms with van der Waals surface area (Å²) >= 11 is 12.0. The van der Waals surface area contributed by atoms with Crippen molar-refractivity contribution >= 4 is 61.7 Å². The number of sulfonamides is 1. The van der Waals surface area contributed by atoms with Crippen molar-refractivity contribution in [2.75, 3.05) is 37.0 Å². The molecule has 13 heteroatoms. The van der Waals surface area contributed by atoms with Gasteiger partial charge in [-0.1, -0.05) is 29.3 Å². The number of carbonyl (C=O) groups is 2. The Kier molecular flexibility index (Phi) is 7.50. The number of anilines is 1. The highest BCUT2D eigenvalue weighted by Gasteiger charge is 2.28. The molecule has 0 saturated carbocycles. The van der Waals surface area contributed by atoms with Crippen molar-refractivity contribution in [1.82, 2.24) is 19.8 Å². The van der Waals surface area contributed by atoms with Gasteiger partial charge in [-0.2, -0.15) is 0 Å². The quantitative estimate of drug-likeness (QED) is 0.338. The third-order valence-electron chi connectivity index (χ3n) is 6.27. The van der Waals surface area contributed by atoms with Crippen LogP contribution in [0, 0.1) is 0 Å². The largest absolute Gasteiger partial charge is 0.480 e. The summed E-state index contributed by atoms with van der Waals surface area (Å²) in [6.07, 6.45) is 1.75. The number of piperazine rings is 1. The first-order chi connectivity index (χ1) is 18.6. The van der Waals surface area contributed by atoms with Crippen LogP contribution in [0.5, 0.6) is 0 Å². The SMILES string of the molecule is O=C(O)CN(c1ccc2c(ccn2-c2cccc(C(=O)N3CCNCC3)n2)c1)S(=O)(=O)c1cc(Cl)cc(Cl)c1. The molecule has 0 bridgehead atoms. The summed E-state index contributed by atoms with van der Waals surface area (Å²) in [5.41, 5.74) is 1.16. The van der Waals surface area contributed by atoms with E-state index in [4.69, 9.17) is 23.2 Å². The predicted molar refractivity (Wildman–Crippen MR) is 148 cm³/mol. The summed E-state index contributed by atoms with van der Waals surface area (Å²) in [6, 6.07) is 15.5. The van der Waals surface area contributed by atoms with Crippen LogP contribution in [0.1, 0.15) is 10.5 Å². The van der Waals surface area contributed by atoms with Crippen LogP contribution in [0.4, 0.5) is 5.69 Å². The molecule has 1 aliphatic rings. The summed E-state index contributed by atoms with van der Waals surface area (Å²) in [6.45, 7) is 1.87. The van der Waals surface area contributed by atoms with Crippen LogP contribution in [-0.4, -0.2) is 72.6 Å². The second kappa shape index (κ2) is 10.9. The molecule has 1 aliphatic heterocycles. The van der Waals surface area contributed by atoms with Gasteiger partial charge >= 0.3 is 5.97 Å². The van der Waals surface area contributed by atoms with Crippen molar-refractivity contribution in [3.63, 3.8) is 0 Å². The van der Waals surface area contributed by atoms with E-state index in [1.54, 1.807) is 52.1 Å². The van der Waals surface area contributed by atoms with Gasteiger partial charge in [-0.3, -0.25) is 13.9 Å². The van der Waals surface area contributed by atoms with Gasteiger partial charge in [0.2, 0.25) is 0 Å². The predicted octanol–water partition coefficient (Wildman–Crippen LogP) is 3.66. The second-order valence-electron chi connectivity index (χ2n) is 8.86. The number of pyridine rings is 1. The number of carboxylic acids is 1. The Morgan fingerprint density at radius 2 is 1.72 bits per heavy atom. The molecular formula is C26H23Cl2N5O5S. The number of hydrogen-bond acceptors (Lipinski definition) is 6. The van der Waals surface area contributed by atoms with Crippen LogP contribution in [0.3, 0.4) is 0 Å². The van der Waals surface area contributed by atoms with Crippen molar-refractivity contribution in [3.05, 3.63) is 82.6 Å². The van der Waals surface area contributed by atoms with E-state index < -0.39 is 22.5 Å². The van der Waals surface area contributed by atoms with E-state index in [0.717, 1.165) is 17.4 Å². The molecule has 10 nitrogen and oxygen atoms in total. The van der Waals surface area contributed by atoms with Crippen LogP contribution < -0.4 is 9.62 Å². The Balaban J connectivity index is 1.51. The van der Waals surface area contributed by atoms with Crippen LogP contribution in [0.2, 0.25) is 10.0 Å². The number of amides is 1. The van der Waals surface area contributed by atoms with Gasteiger partial charge in [0.25, 0.3) is 15.9 Å². The molecule has 0 aliphatic carbocycles. The number of carbonyl (C=O) groups excluding carboxylic acids is 1. The minimum atomic E-state index is -4.32. The standard InChI is InChI=1S/C26H23Cl2N5O5S/c27-18-13-19(28)15-21(14-18)39(37,38)33(16-25(34)35)20-4-5-23-17(12-20)6-9-32(23)24-3-1-2-22(30-24)26(36)31-10-7-29-8-11-31/h1-6,9,12-15,29H,7-8,10-11,16H2,(H,34,35). The number of halogens is 2. The first-order valence-electron chi connectivity index (χ1n) is 11.9. The third-order valence-corrected chi connectivity index (χ3v) is 8.46. The minimum Gasteiger partial charge on any atom is -0.480 e. The first kappa shape index (κ1) is 26.9. The van der Waals surface area contributed by atoms with Gasteiger partial charge in [0.15, 0.2) is 0 Å². The second-order valence-corrected chi connectivity index (χ2v) is 11.6. The topological polar surface area (TPSA) is 125 Å². The van der Waals surface area contributed by atoms with Gasteiger partial charge < -0.3 is 19.9 Å². The molecule has 1 amide bonds. The van der Waals surface area contributed by atoms with Crippen molar-refractivity contribution in [2.45, 2.75) is 4.90 Å². The summed E-state index contributed by atoms with van der Waals surface area (Å²) in [5.74, 6) is -0.963. The maximum Gasteiger partial charge on any atom is 0.324 e. The first-order valence-corrected chi connectivity index (χ1v) is 14.1. The van der Waals surface area contributed by atoms with Gasteiger partial charge in [0.05, 0.1) is 16.1 Å². The molecule has 5 rings (SSSR count). The Hall–Kier alpha value is -3.64. The van der Waals surface area contributed by atoms with E-state index in [1.807, 2.05) is 0 Å². The lowest BCUT2D eigenvalue weighted by Crippen LogP contribution is -2.46. The zero-order valence-electron chi connectivity index (χ0n) is 20.4. The van der Waals surface area contributed by atoms with Crippen LogP contribution >= 0.6 is 23.2 Å². The minimum absolute atomic E-state index is 0.106. The van der Waals surface area contributed by atoms with Crippen LogP contribution in [-0.2, 0) is 14.8 Å². The average Bonchev–Trinajstić information content (AvgIpc) is 3.34. The molecule has 4 aromatic rings. The molecular weight excluding hydrogens is 565 g/mol. The Morgan fingerprint density at radius 1 is 1.00 bits per heavy atom. The zero-order valence-corrected chi connectivity index (χ0v) is 22.7. The Bertz CT molecular complexity index is 1670. The van der Waals surface area contributed by atoms with Crippen molar-refractivity contribution in [2.24, 2.45) is 0 Å². The third kappa shape index (κ3) is 5.57. The highest BCUT2D eigenvalue weighted by molar-refractivity contribution is 7.92. The maximum atomic E-state index is 13.5. The number of benzene rings is 2. The number of hydrogen-bond donors (Lipinski definition) is 2. The van der Waals surface area contributed by atoms with Crippen molar-refractivity contribution in [1.29, 1.82) is 0 Å². The van der Waals surface area contributed by atoms with Gasteiger partial charge in [-0.15, -0.1) is 0 Å². The lowest BCUT2D eigenvalue weighted by Gasteiger charge is -2.27. The average molecular weight is 588 g/mol. The van der Waals surface area contributed by atoms with E-state index in [0.29, 0.717) is 35.5 Å². The van der Waals surface area contributed by atoms with E-state index in [1.165, 1.54) is 24.3 Å². The highest BCUT2D eigenvalue weighted by atomic mass is 35.5. The number of fused-ring (bicyclic) bond motifs is 1. The molecule has 0 atom stereocenters. The van der Waals surface area contributed by atoms with E-state index >= 15 is 0 Å². The molecule has 2 N–H and O–H groups in total. The fourth-order valence-electron chi connectivity index (χ4n) is 4.43. The zero-order chi connectivity index (χ0) is 27.7. The lowest BCUT2D eigenvalue weighted by atomic mass is 10.2. The molecule has 1 fully saturated rings. The maximum absolute atomic E-state index is 13.5. The van der Waals surface area contributed by atoms with Crippen molar-refractivity contribution in [3.8, 4) is 5.82 Å². The fourth-order valence-corrected chi connectivity index (χ4v) is 6.57. The summed E-state index contributed by atoms with van der Waals surface area (Å²) in [7, 11) is -4.32. The van der Waals surface area contributed by atoms with Crippen LogP contribution in [0.25, 0.3) is 16.7 Å². The van der Waals surface area contributed by atoms with Crippen LogP contribution in [0.15, 0.2) is 71.8 Å². The molecule has 2 aromatic carbocycles. The number of carboxylic acid groups (broad SMARTS) is 1. The highest BCUT2D eigenvalue weighted by Crippen LogP contribution is 2.31. The molecule has 39 heavy (non-hydrogen) atoms. The monoisotopic (exact) mass is 587 g/mol. The van der Waals surface area contributed by atoms with Gasteiger partial charge in [0, 0.05) is 47.8 Å². The molecule has 1 saturated heterocycles. The summed E-state index contributed by atoms with van der Waals surface area (Å²) < 4.78 is 29.5. The van der Waals surface area contributed by atoms with Gasteiger partial charge in [-0.05, 0) is 54.6 Å². The van der Waals surface area contributed by atoms with E-state index in [9.17, 15) is 23.1 Å². The van der Waals surface area contributed by atoms with Crippen molar-refractivity contribution < 1.29 is 23.1 Å². The van der Waals surface area contributed by atoms with Gasteiger partial charge in [0.1, 0.15) is 18.1 Å².